The highest BCUT2D eigenvalue weighted by molar-refractivity contribution is 9.10. The van der Waals surface area contributed by atoms with Gasteiger partial charge in [-0.3, -0.25) is 9.52 Å². The van der Waals surface area contributed by atoms with Gasteiger partial charge in [0.2, 0.25) is 0 Å². The van der Waals surface area contributed by atoms with E-state index in [-0.39, 0.29) is 22.4 Å². The molecule has 0 saturated heterocycles. The van der Waals surface area contributed by atoms with Gasteiger partial charge in [-0.2, -0.15) is 0 Å². The Bertz CT molecular complexity index is 854. The van der Waals surface area contributed by atoms with Gasteiger partial charge < -0.3 is 10.1 Å². The largest absolute Gasteiger partial charge is 0.385 e. The quantitative estimate of drug-likeness (QED) is 0.658. The number of amides is 1. The number of nitrogens with one attached hydrogen (secondary N) is 2. The van der Waals surface area contributed by atoms with Crippen LogP contribution < -0.4 is 10.0 Å². The van der Waals surface area contributed by atoms with Gasteiger partial charge in [-0.05, 0) is 55.8 Å². The monoisotopic (exact) mass is 440 g/mol. The molecule has 2 aromatic carbocycles. The molecule has 26 heavy (non-hydrogen) atoms. The number of carbonyl (C=O) groups is 1. The van der Waals surface area contributed by atoms with Crippen molar-refractivity contribution in [2.75, 3.05) is 18.4 Å². The summed E-state index contributed by atoms with van der Waals surface area (Å²) in [7, 11) is -2.19. The van der Waals surface area contributed by atoms with Crippen LogP contribution in [0.2, 0.25) is 0 Å². The van der Waals surface area contributed by atoms with Crippen LogP contribution in [0.5, 0.6) is 0 Å². The maximum Gasteiger partial charge on any atom is 0.261 e. The van der Waals surface area contributed by atoms with Crippen LogP contribution in [0.25, 0.3) is 0 Å². The molecule has 0 bridgehead atoms. The van der Waals surface area contributed by atoms with Gasteiger partial charge in [0.25, 0.3) is 15.9 Å². The van der Waals surface area contributed by atoms with Gasteiger partial charge in [-0.15, -0.1) is 0 Å². The van der Waals surface area contributed by atoms with E-state index >= 15 is 0 Å². The van der Waals surface area contributed by atoms with Crippen LogP contribution in [0.4, 0.5) is 5.69 Å². The Hall–Kier alpha value is -1.90. The zero-order chi connectivity index (χ0) is 19.2. The Morgan fingerprint density at radius 2 is 1.88 bits per heavy atom. The first kappa shape index (κ1) is 20.4. The lowest BCUT2D eigenvalue weighted by molar-refractivity contribution is 0.0929. The molecule has 1 atom stereocenters. The Morgan fingerprint density at radius 3 is 2.54 bits per heavy atom. The third-order valence-electron chi connectivity index (χ3n) is 3.64. The average Bonchev–Trinajstić information content (AvgIpc) is 2.62. The van der Waals surface area contributed by atoms with E-state index in [0.717, 1.165) is 4.47 Å². The van der Waals surface area contributed by atoms with E-state index < -0.39 is 10.0 Å². The molecule has 2 aromatic rings. The zero-order valence-electron chi connectivity index (χ0n) is 14.5. The van der Waals surface area contributed by atoms with Crippen LogP contribution in [0, 0.1) is 0 Å². The minimum absolute atomic E-state index is 0.0256. The smallest absolute Gasteiger partial charge is 0.261 e. The third kappa shape index (κ3) is 5.82. The lowest BCUT2D eigenvalue weighted by Gasteiger charge is -2.14. The first-order valence-corrected chi connectivity index (χ1v) is 10.3. The number of carbonyl (C=O) groups excluding carboxylic acids is 1. The zero-order valence-corrected chi connectivity index (χ0v) is 16.9. The summed E-state index contributed by atoms with van der Waals surface area (Å²) in [5, 5.41) is 2.83. The maximum absolute atomic E-state index is 12.6. The van der Waals surface area contributed by atoms with Crippen molar-refractivity contribution >= 4 is 37.5 Å². The van der Waals surface area contributed by atoms with E-state index in [4.69, 9.17) is 4.74 Å². The Morgan fingerprint density at radius 1 is 1.19 bits per heavy atom. The summed E-state index contributed by atoms with van der Waals surface area (Å²) in [5.74, 6) is -0.325. The van der Waals surface area contributed by atoms with Crippen LogP contribution in [0.1, 0.15) is 23.7 Å². The second-order valence-corrected chi connectivity index (χ2v) is 8.39. The van der Waals surface area contributed by atoms with Crippen molar-refractivity contribution in [1.82, 2.24) is 5.32 Å². The molecule has 0 aromatic heterocycles. The molecule has 0 spiro atoms. The fraction of sp³-hybridized carbons (Fsp3) is 0.278. The molecule has 8 heteroatoms. The summed E-state index contributed by atoms with van der Waals surface area (Å²) in [4.78, 5) is 12.3. The topological polar surface area (TPSA) is 84.5 Å². The van der Waals surface area contributed by atoms with E-state index in [0.29, 0.717) is 18.7 Å². The minimum atomic E-state index is -3.79. The molecular weight excluding hydrogens is 420 g/mol. The molecule has 2 N–H and O–H groups in total. The predicted molar refractivity (Wildman–Crippen MR) is 105 cm³/mol. The van der Waals surface area contributed by atoms with Crippen molar-refractivity contribution in [3.63, 3.8) is 0 Å². The molecule has 0 radical (unpaired) electrons. The van der Waals surface area contributed by atoms with E-state index in [1.165, 1.54) is 12.1 Å². The van der Waals surface area contributed by atoms with Crippen molar-refractivity contribution in [3.8, 4) is 0 Å². The highest BCUT2D eigenvalue weighted by Gasteiger charge is 2.17. The average molecular weight is 441 g/mol. The summed E-state index contributed by atoms with van der Waals surface area (Å²) in [6.45, 7) is 2.40. The van der Waals surface area contributed by atoms with E-state index in [9.17, 15) is 13.2 Å². The Labute approximate surface area is 162 Å². The molecule has 0 aliphatic heterocycles. The van der Waals surface area contributed by atoms with Crippen molar-refractivity contribution in [3.05, 3.63) is 58.6 Å². The van der Waals surface area contributed by atoms with Gasteiger partial charge >= 0.3 is 0 Å². The second-order valence-electron chi connectivity index (χ2n) is 5.80. The number of methoxy groups -OCH3 is 1. The molecular formula is C18H21BrN2O4S. The second kappa shape index (κ2) is 9.16. The lowest BCUT2D eigenvalue weighted by Crippen LogP contribution is -2.33. The highest BCUT2D eigenvalue weighted by Crippen LogP contribution is 2.19. The highest BCUT2D eigenvalue weighted by atomic mass is 79.9. The van der Waals surface area contributed by atoms with Crippen molar-refractivity contribution < 1.29 is 17.9 Å². The summed E-state index contributed by atoms with van der Waals surface area (Å²) in [5.41, 5.74) is 0.726. The molecule has 0 saturated carbocycles. The molecule has 0 fully saturated rings. The van der Waals surface area contributed by atoms with Gasteiger partial charge in [0, 0.05) is 35.5 Å². The molecule has 1 unspecified atom stereocenters. The number of ether oxygens (including phenoxy) is 1. The van der Waals surface area contributed by atoms with Crippen molar-refractivity contribution in [2.45, 2.75) is 24.3 Å². The fourth-order valence-electron chi connectivity index (χ4n) is 2.21. The molecule has 1 amide bonds. The summed E-state index contributed by atoms with van der Waals surface area (Å²) in [6, 6.07) is 12.6. The fourth-order valence-corrected chi connectivity index (χ4v) is 3.58. The van der Waals surface area contributed by atoms with E-state index in [2.05, 4.69) is 26.0 Å². The molecule has 6 nitrogen and oxygen atoms in total. The van der Waals surface area contributed by atoms with Crippen LogP contribution in [0.3, 0.4) is 0 Å². The molecule has 140 valence electrons. The number of sulfonamides is 1. The normalized spacial score (nSPS) is 12.4. The van der Waals surface area contributed by atoms with Crippen LogP contribution in [-0.4, -0.2) is 34.1 Å². The van der Waals surface area contributed by atoms with Crippen LogP contribution in [0.15, 0.2) is 57.9 Å². The number of rotatable bonds is 8. The number of anilines is 1. The standard InChI is InChI=1S/C18H21BrN2O4S/c1-13(10-11-25-2)20-18(22)14-4-3-5-17(12-14)26(23,24)21-16-8-6-15(19)7-9-16/h3-9,12-13,21H,10-11H2,1-2H3,(H,20,22). The molecule has 0 aliphatic rings. The molecule has 0 aliphatic carbocycles. The van der Waals surface area contributed by atoms with Crippen LogP contribution in [-0.2, 0) is 14.8 Å². The lowest BCUT2D eigenvalue weighted by atomic mass is 10.2. The first-order valence-electron chi connectivity index (χ1n) is 8.00. The van der Waals surface area contributed by atoms with Gasteiger partial charge in [0.05, 0.1) is 4.90 Å². The summed E-state index contributed by atoms with van der Waals surface area (Å²) >= 11 is 3.30. The number of halogens is 1. The van der Waals surface area contributed by atoms with Crippen molar-refractivity contribution in [1.29, 1.82) is 0 Å². The maximum atomic E-state index is 12.6. The predicted octanol–water partition coefficient (Wildman–Crippen LogP) is 3.40. The number of hydrogen-bond acceptors (Lipinski definition) is 4. The number of benzene rings is 2. The van der Waals surface area contributed by atoms with Crippen LogP contribution >= 0.6 is 15.9 Å². The van der Waals surface area contributed by atoms with E-state index in [1.54, 1.807) is 43.5 Å². The molecule has 0 heterocycles. The van der Waals surface area contributed by atoms with Gasteiger partial charge in [0.15, 0.2) is 0 Å². The van der Waals surface area contributed by atoms with Gasteiger partial charge in [-0.25, -0.2) is 8.42 Å². The Balaban J connectivity index is 2.14. The Kier molecular flexibility index (Phi) is 7.19. The first-order chi connectivity index (χ1) is 12.3. The SMILES string of the molecule is COCCC(C)NC(=O)c1cccc(S(=O)(=O)Nc2ccc(Br)cc2)c1. The van der Waals surface area contributed by atoms with Gasteiger partial charge in [-0.1, -0.05) is 22.0 Å². The molecule has 2 rings (SSSR count). The van der Waals surface area contributed by atoms with Crippen molar-refractivity contribution in [2.24, 2.45) is 0 Å². The number of hydrogen-bond donors (Lipinski definition) is 2. The third-order valence-corrected chi connectivity index (χ3v) is 5.54. The summed E-state index contributed by atoms with van der Waals surface area (Å²) < 4.78 is 33.4. The minimum Gasteiger partial charge on any atom is -0.385 e. The van der Waals surface area contributed by atoms with E-state index in [1.807, 2.05) is 6.92 Å². The van der Waals surface area contributed by atoms with Gasteiger partial charge in [0.1, 0.15) is 0 Å². The summed E-state index contributed by atoms with van der Waals surface area (Å²) in [6.07, 6.45) is 0.672.